The molecule has 0 fully saturated rings. The van der Waals surface area contributed by atoms with E-state index < -0.39 is 23.5 Å². The molecule has 4 aromatic rings. The molecule has 4 rings (SSSR count). The second-order valence-corrected chi connectivity index (χ2v) is 6.92. The van der Waals surface area contributed by atoms with Crippen molar-refractivity contribution in [2.45, 2.75) is 19.3 Å². The molecule has 4 nitrogen and oxygen atoms in total. The molecule has 0 aliphatic carbocycles. The summed E-state index contributed by atoms with van der Waals surface area (Å²) in [5.74, 6) is -1.66. The van der Waals surface area contributed by atoms with Crippen LogP contribution in [0.1, 0.15) is 27.0 Å². The number of alkyl halides is 3. The molecular formula is C22H15F4N2O2. The Kier molecular flexibility index (Phi) is 4.74. The van der Waals surface area contributed by atoms with Gasteiger partial charge < -0.3 is 15.4 Å². The van der Waals surface area contributed by atoms with Gasteiger partial charge in [0.1, 0.15) is 5.82 Å². The summed E-state index contributed by atoms with van der Waals surface area (Å²) in [7, 11) is 0. The predicted octanol–water partition coefficient (Wildman–Crippen LogP) is 4.39. The van der Waals surface area contributed by atoms with E-state index >= 15 is 0 Å². The maximum absolute atomic E-state index is 13.9. The topological polar surface area (TPSA) is 68.2 Å². The maximum Gasteiger partial charge on any atom is 0.416 e. The molecule has 0 unspecified atom stereocenters. The van der Waals surface area contributed by atoms with Crippen LogP contribution < -0.4 is 5.73 Å². The van der Waals surface area contributed by atoms with Crippen molar-refractivity contribution in [2.75, 3.05) is 0 Å². The van der Waals surface area contributed by atoms with Gasteiger partial charge in [0, 0.05) is 22.9 Å². The minimum atomic E-state index is -4.69. The number of carbonyl (C=O) groups excluding carboxylic acids is 1. The van der Waals surface area contributed by atoms with Gasteiger partial charge in [-0.05, 0) is 59.7 Å². The van der Waals surface area contributed by atoms with Gasteiger partial charge in [0.05, 0.1) is 23.2 Å². The van der Waals surface area contributed by atoms with Crippen molar-refractivity contribution in [3.05, 3.63) is 82.7 Å². The summed E-state index contributed by atoms with van der Waals surface area (Å²) in [6, 6.07) is 13.4. The van der Waals surface area contributed by atoms with Crippen molar-refractivity contribution >= 4 is 27.7 Å². The summed E-state index contributed by atoms with van der Waals surface area (Å²) < 4.78 is 54.9. The SMILES string of the molecule is NC(=O)c1cccc2c1c1[c]cc(CO)cc1n2Cc1cc(F)cc(C(F)(F)F)c1. The number of carbonyl (C=O) groups is 1. The lowest BCUT2D eigenvalue weighted by Crippen LogP contribution is -2.11. The highest BCUT2D eigenvalue weighted by molar-refractivity contribution is 6.17. The first-order valence-electron chi connectivity index (χ1n) is 8.92. The minimum absolute atomic E-state index is 0.0915. The molecule has 0 aliphatic rings. The summed E-state index contributed by atoms with van der Waals surface area (Å²) in [5, 5.41) is 10.5. The quantitative estimate of drug-likeness (QED) is 0.486. The molecule has 0 saturated carbocycles. The van der Waals surface area contributed by atoms with Crippen LogP contribution >= 0.6 is 0 Å². The highest BCUT2D eigenvalue weighted by atomic mass is 19.4. The Balaban J connectivity index is 1.99. The van der Waals surface area contributed by atoms with Crippen LogP contribution in [0.2, 0.25) is 0 Å². The third-order valence-corrected chi connectivity index (χ3v) is 4.93. The van der Waals surface area contributed by atoms with E-state index in [0.717, 1.165) is 12.1 Å². The third-order valence-electron chi connectivity index (χ3n) is 4.93. The second kappa shape index (κ2) is 7.14. The monoisotopic (exact) mass is 415 g/mol. The molecule has 1 amide bonds. The lowest BCUT2D eigenvalue weighted by atomic mass is 10.0. The number of nitrogens with zero attached hydrogens (tertiary/aromatic N) is 1. The average Bonchev–Trinajstić information content (AvgIpc) is 3.00. The number of benzene rings is 3. The van der Waals surface area contributed by atoms with Gasteiger partial charge in [-0.3, -0.25) is 4.79 Å². The van der Waals surface area contributed by atoms with Crippen LogP contribution in [0.3, 0.4) is 0 Å². The van der Waals surface area contributed by atoms with Crippen LogP contribution in [0.4, 0.5) is 17.6 Å². The lowest BCUT2D eigenvalue weighted by Gasteiger charge is -2.12. The molecule has 153 valence electrons. The molecule has 1 radical (unpaired) electrons. The van der Waals surface area contributed by atoms with Gasteiger partial charge in [0.25, 0.3) is 0 Å². The van der Waals surface area contributed by atoms with Crippen LogP contribution in [0.25, 0.3) is 21.8 Å². The number of nitrogens with two attached hydrogens (primary N) is 1. The van der Waals surface area contributed by atoms with E-state index in [9.17, 15) is 27.5 Å². The molecule has 0 bridgehead atoms. The number of hydrogen-bond acceptors (Lipinski definition) is 2. The smallest absolute Gasteiger partial charge is 0.392 e. The Labute approximate surface area is 168 Å². The van der Waals surface area contributed by atoms with Gasteiger partial charge in [-0.2, -0.15) is 13.2 Å². The lowest BCUT2D eigenvalue weighted by molar-refractivity contribution is -0.137. The molecule has 1 aromatic heterocycles. The maximum atomic E-state index is 13.9. The molecule has 0 spiro atoms. The summed E-state index contributed by atoms with van der Waals surface area (Å²) >= 11 is 0. The fourth-order valence-corrected chi connectivity index (χ4v) is 3.65. The first kappa shape index (κ1) is 19.9. The molecule has 1 heterocycles. The minimum Gasteiger partial charge on any atom is -0.392 e. The van der Waals surface area contributed by atoms with Crippen molar-refractivity contribution in [1.82, 2.24) is 4.57 Å². The van der Waals surface area contributed by atoms with Crippen molar-refractivity contribution in [3.8, 4) is 0 Å². The number of aromatic nitrogens is 1. The first-order valence-corrected chi connectivity index (χ1v) is 8.92. The van der Waals surface area contributed by atoms with E-state index in [0.29, 0.717) is 33.4 Å². The normalized spacial score (nSPS) is 12.0. The number of aliphatic hydroxyl groups excluding tert-OH is 1. The van der Waals surface area contributed by atoms with E-state index in [2.05, 4.69) is 6.07 Å². The van der Waals surface area contributed by atoms with E-state index in [-0.39, 0.29) is 24.3 Å². The van der Waals surface area contributed by atoms with Gasteiger partial charge in [-0.1, -0.05) is 6.07 Å². The third kappa shape index (κ3) is 3.39. The van der Waals surface area contributed by atoms with Crippen LogP contribution in [-0.2, 0) is 19.3 Å². The molecule has 0 saturated heterocycles. The number of rotatable bonds is 4. The Morgan fingerprint density at radius 1 is 1.10 bits per heavy atom. The number of primary amides is 1. The van der Waals surface area contributed by atoms with Gasteiger partial charge >= 0.3 is 6.18 Å². The van der Waals surface area contributed by atoms with Crippen molar-refractivity contribution in [1.29, 1.82) is 0 Å². The largest absolute Gasteiger partial charge is 0.416 e. The van der Waals surface area contributed by atoms with Crippen molar-refractivity contribution in [3.63, 3.8) is 0 Å². The predicted molar refractivity (Wildman–Crippen MR) is 103 cm³/mol. The van der Waals surface area contributed by atoms with Gasteiger partial charge in [0.15, 0.2) is 0 Å². The highest BCUT2D eigenvalue weighted by Crippen LogP contribution is 2.34. The van der Waals surface area contributed by atoms with E-state index in [1.807, 2.05) is 0 Å². The number of fused-ring (bicyclic) bond motifs is 3. The fourth-order valence-electron chi connectivity index (χ4n) is 3.65. The van der Waals surface area contributed by atoms with Crippen LogP contribution in [0.15, 0.2) is 48.5 Å². The number of amides is 1. The van der Waals surface area contributed by atoms with E-state index in [1.165, 1.54) is 0 Å². The molecule has 0 aliphatic heterocycles. The second-order valence-electron chi connectivity index (χ2n) is 6.92. The molecule has 8 heteroatoms. The van der Waals surface area contributed by atoms with Crippen LogP contribution in [-0.4, -0.2) is 15.6 Å². The summed E-state index contributed by atoms with van der Waals surface area (Å²) in [6.45, 7) is -0.361. The molecular weight excluding hydrogens is 400 g/mol. The Morgan fingerprint density at radius 3 is 2.53 bits per heavy atom. The fraction of sp³-hybridized carbons (Fsp3) is 0.136. The summed E-state index contributed by atoms with van der Waals surface area (Å²) in [4.78, 5) is 11.9. The number of aliphatic hydroxyl groups is 1. The van der Waals surface area contributed by atoms with Gasteiger partial charge in [-0.25, -0.2) is 4.39 Å². The summed E-state index contributed by atoms with van der Waals surface area (Å²) in [5.41, 5.74) is 6.34. The van der Waals surface area contributed by atoms with E-state index in [4.69, 9.17) is 5.73 Å². The van der Waals surface area contributed by atoms with Gasteiger partial charge in [-0.15, -0.1) is 0 Å². The zero-order chi connectivity index (χ0) is 21.6. The zero-order valence-electron chi connectivity index (χ0n) is 15.4. The van der Waals surface area contributed by atoms with E-state index in [1.54, 1.807) is 34.9 Å². The standard InChI is InChI=1S/C22H15F4N2O2/c23-15-7-13(6-14(9-15)22(24,25)26)10-28-18-3-1-2-17(21(27)30)20(18)16-5-4-12(11-29)8-19(16)28/h1-4,6-9,29H,10-11H2,(H2,27,30). The number of hydrogen-bond donors (Lipinski definition) is 2. The zero-order valence-corrected chi connectivity index (χ0v) is 15.4. The van der Waals surface area contributed by atoms with Crippen molar-refractivity contribution < 1.29 is 27.5 Å². The van der Waals surface area contributed by atoms with Crippen molar-refractivity contribution in [2.24, 2.45) is 5.73 Å². The Hall–Kier alpha value is -3.39. The molecule has 3 N–H and O–H groups in total. The van der Waals surface area contributed by atoms with Gasteiger partial charge in [0.2, 0.25) is 5.91 Å². The average molecular weight is 415 g/mol. The Bertz CT molecular complexity index is 1290. The highest BCUT2D eigenvalue weighted by Gasteiger charge is 2.31. The number of halogens is 4. The Morgan fingerprint density at radius 2 is 1.87 bits per heavy atom. The molecule has 0 atom stereocenters. The molecule has 3 aromatic carbocycles. The molecule has 30 heavy (non-hydrogen) atoms. The summed E-state index contributed by atoms with van der Waals surface area (Å²) in [6.07, 6.45) is -4.69. The van der Waals surface area contributed by atoms with Crippen LogP contribution in [0, 0.1) is 11.9 Å². The van der Waals surface area contributed by atoms with Crippen LogP contribution in [0.5, 0.6) is 0 Å². The first-order chi connectivity index (χ1) is 14.2.